The first-order chi connectivity index (χ1) is 15.1. The summed E-state index contributed by atoms with van der Waals surface area (Å²) in [6.45, 7) is 8.66. The largest absolute Gasteiger partial charge is 0.379 e. The standard InChI is InChI=1S/C25H33N3O3/c1-20(2)25(30)28(19-21-9-5-3-6-10-21)23(22-11-7-4-8-12-22)24(29)26-13-14-27-15-17-31-18-16-27/h3-12,20,23H,13-19H2,1-2H3,(H,26,29)/t23-/m0/s1. The Balaban J connectivity index is 1.80. The number of hydrogen-bond acceptors (Lipinski definition) is 4. The lowest BCUT2D eigenvalue weighted by atomic mass is 10.0. The van der Waals surface area contributed by atoms with E-state index in [0.717, 1.165) is 44.0 Å². The summed E-state index contributed by atoms with van der Waals surface area (Å²) in [5, 5.41) is 3.07. The summed E-state index contributed by atoms with van der Waals surface area (Å²) < 4.78 is 5.39. The summed E-state index contributed by atoms with van der Waals surface area (Å²) in [6.07, 6.45) is 0. The van der Waals surface area contributed by atoms with E-state index < -0.39 is 6.04 Å². The van der Waals surface area contributed by atoms with Gasteiger partial charge in [0.1, 0.15) is 6.04 Å². The Morgan fingerprint density at radius 3 is 2.23 bits per heavy atom. The molecule has 166 valence electrons. The average Bonchev–Trinajstić information content (AvgIpc) is 2.80. The van der Waals surface area contributed by atoms with Crippen molar-refractivity contribution in [3.8, 4) is 0 Å². The molecular weight excluding hydrogens is 390 g/mol. The molecule has 1 atom stereocenters. The van der Waals surface area contributed by atoms with Gasteiger partial charge in [-0.25, -0.2) is 0 Å². The molecule has 1 saturated heterocycles. The highest BCUT2D eigenvalue weighted by atomic mass is 16.5. The Labute approximate surface area is 185 Å². The number of hydrogen-bond donors (Lipinski definition) is 1. The zero-order chi connectivity index (χ0) is 22.1. The molecule has 0 radical (unpaired) electrons. The molecule has 2 amide bonds. The summed E-state index contributed by atoms with van der Waals surface area (Å²) in [5.74, 6) is -0.401. The minimum Gasteiger partial charge on any atom is -0.379 e. The van der Waals surface area contributed by atoms with Crippen molar-refractivity contribution in [2.24, 2.45) is 5.92 Å². The molecule has 31 heavy (non-hydrogen) atoms. The topological polar surface area (TPSA) is 61.9 Å². The molecular formula is C25H33N3O3. The van der Waals surface area contributed by atoms with E-state index in [-0.39, 0.29) is 17.7 Å². The third-order valence-corrected chi connectivity index (χ3v) is 5.48. The van der Waals surface area contributed by atoms with Crippen LogP contribution in [0.5, 0.6) is 0 Å². The predicted molar refractivity (Wildman–Crippen MR) is 121 cm³/mol. The number of nitrogens with one attached hydrogen (secondary N) is 1. The van der Waals surface area contributed by atoms with E-state index in [1.807, 2.05) is 74.5 Å². The number of rotatable bonds is 9. The first-order valence-corrected chi connectivity index (χ1v) is 11.0. The van der Waals surface area contributed by atoms with Gasteiger partial charge in [0.2, 0.25) is 11.8 Å². The maximum Gasteiger partial charge on any atom is 0.247 e. The van der Waals surface area contributed by atoms with Crippen LogP contribution in [0.4, 0.5) is 0 Å². The maximum atomic E-state index is 13.4. The number of carbonyl (C=O) groups excluding carboxylic acids is 2. The molecule has 0 spiro atoms. The summed E-state index contributed by atoms with van der Waals surface area (Å²) in [5.41, 5.74) is 1.81. The van der Waals surface area contributed by atoms with Crippen molar-refractivity contribution < 1.29 is 14.3 Å². The Kier molecular flexibility index (Phi) is 8.62. The highest BCUT2D eigenvalue weighted by Gasteiger charge is 2.32. The molecule has 0 bridgehead atoms. The Morgan fingerprint density at radius 1 is 1.00 bits per heavy atom. The molecule has 1 N–H and O–H groups in total. The maximum absolute atomic E-state index is 13.4. The van der Waals surface area contributed by atoms with Crippen molar-refractivity contribution in [3.63, 3.8) is 0 Å². The van der Waals surface area contributed by atoms with Crippen LogP contribution in [0, 0.1) is 5.92 Å². The fourth-order valence-electron chi connectivity index (χ4n) is 3.78. The number of nitrogens with zero attached hydrogens (tertiary/aromatic N) is 2. The number of amides is 2. The third kappa shape index (κ3) is 6.64. The highest BCUT2D eigenvalue weighted by molar-refractivity contribution is 5.89. The SMILES string of the molecule is CC(C)C(=O)N(Cc1ccccc1)[C@H](C(=O)NCCN1CCOCC1)c1ccccc1. The number of morpholine rings is 1. The lowest BCUT2D eigenvalue weighted by Gasteiger charge is -2.33. The van der Waals surface area contributed by atoms with Gasteiger partial charge in [0.25, 0.3) is 0 Å². The van der Waals surface area contributed by atoms with Gasteiger partial charge in [-0.3, -0.25) is 14.5 Å². The van der Waals surface area contributed by atoms with Gasteiger partial charge in [-0.2, -0.15) is 0 Å². The minimum atomic E-state index is -0.680. The zero-order valence-corrected chi connectivity index (χ0v) is 18.5. The molecule has 1 heterocycles. The second kappa shape index (κ2) is 11.6. The van der Waals surface area contributed by atoms with Crippen molar-refractivity contribution in [1.82, 2.24) is 15.1 Å². The summed E-state index contributed by atoms with van der Waals surface area (Å²) in [7, 11) is 0. The van der Waals surface area contributed by atoms with E-state index in [9.17, 15) is 9.59 Å². The van der Waals surface area contributed by atoms with Gasteiger partial charge in [0.15, 0.2) is 0 Å². The van der Waals surface area contributed by atoms with Crippen LogP contribution in [0.3, 0.4) is 0 Å². The van der Waals surface area contributed by atoms with E-state index in [4.69, 9.17) is 4.74 Å². The van der Waals surface area contributed by atoms with E-state index in [1.165, 1.54) is 0 Å². The predicted octanol–water partition coefficient (Wildman–Crippen LogP) is 2.86. The van der Waals surface area contributed by atoms with Crippen molar-refractivity contribution in [2.75, 3.05) is 39.4 Å². The molecule has 1 fully saturated rings. The van der Waals surface area contributed by atoms with Crippen molar-refractivity contribution in [3.05, 3.63) is 71.8 Å². The van der Waals surface area contributed by atoms with Crippen LogP contribution in [0.2, 0.25) is 0 Å². The van der Waals surface area contributed by atoms with E-state index >= 15 is 0 Å². The number of ether oxygens (including phenoxy) is 1. The van der Waals surface area contributed by atoms with Gasteiger partial charge in [0.05, 0.1) is 13.2 Å². The van der Waals surface area contributed by atoms with E-state index in [1.54, 1.807) is 4.90 Å². The average molecular weight is 424 g/mol. The molecule has 0 saturated carbocycles. The second-order valence-corrected chi connectivity index (χ2v) is 8.16. The molecule has 3 rings (SSSR count). The monoisotopic (exact) mass is 423 g/mol. The molecule has 0 unspecified atom stereocenters. The van der Waals surface area contributed by atoms with E-state index in [2.05, 4.69) is 10.2 Å². The Bertz CT molecular complexity index is 820. The summed E-state index contributed by atoms with van der Waals surface area (Å²) in [6, 6.07) is 18.7. The fraction of sp³-hybridized carbons (Fsp3) is 0.440. The Morgan fingerprint density at radius 2 is 1.61 bits per heavy atom. The van der Waals surface area contributed by atoms with Crippen molar-refractivity contribution >= 4 is 11.8 Å². The van der Waals surface area contributed by atoms with Crippen LogP contribution in [-0.4, -0.2) is 61.0 Å². The molecule has 1 aliphatic rings. The van der Waals surface area contributed by atoms with Crippen molar-refractivity contribution in [2.45, 2.75) is 26.4 Å². The van der Waals surface area contributed by atoms with Crippen LogP contribution in [-0.2, 0) is 20.9 Å². The lowest BCUT2D eigenvalue weighted by Crippen LogP contribution is -2.47. The molecule has 6 heteroatoms. The van der Waals surface area contributed by atoms with Crippen LogP contribution >= 0.6 is 0 Å². The van der Waals surface area contributed by atoms with Crippen LogP contribution in [0.15, 0.2) is 60.7 Å². The molecule has 0 aromatic heterocycles. The van der Waals surface area contributed by atoms with Gasteiger partial charge in [-0.1, -0.05) is 74.5 Å². The van der Waals surface area contributed by atoms with E-state index in [0.29, 0.717) is 13.1 Å². The lowest BCUT2D eigenvalue weighted by molar-refractivity contribution is -0.144. The van der Waals surface area contributed by atoms with Gasteiger partial charge in [-0.05, 0) is 11.1 Å². The van der Waals surface area contributed by atoms with Gasteiger partial charge in [-0.15, -0.1) is 0 Å². The normalized spacial score (nSPS) is 15.5. The molecule has 1 aliphatic heterocycles. The molecule has 6 nitrogen and oxygen atoms in total. The first-order valence-electron chi connectivity index (χ1n) is 11.0. The smallest absolute Gasteiger partial charge is 0.247 e. The second-order valence-electron chi connectivity index (χ2n) is 8.16. The summed E-state index contributed by atoms with van der Waals surface area (Å²) >= 11 is 0. The molecule has 2 aromatic carbocycles. The van der Waals surface area contributed by atoms with Crippen LogP contribution in [0.25, 0.3) is 0 Å². The Hall–Kier alpha value is -2.70. The van der Waals surface area contributed by atoms with Gasteiger partial charge < -0.3 is 15.0 Å². The molecule has 0 aliphatic carbocycles. The first kappa shape index (κ1) is 23.0. The van der Waals surface area contributed by atoms with Crippen LogP contribution in [0.1, 0.15) is 31.0 Å². The number of benzene rings is 2. The van der Waals surface area contributed by atoms with Crippen molar-refractivity contribution in [1.29, 1.82) is 0 Å². The summed E-state index contributed by atoms with van der Waals surface area (Å²) in [4.78, 5) is 30.6. The minimum absolute atomic E-state index is 0.0407. The van der Waals surface area contributed by atoms with Crippen LogP contribution < -0.4 is 5.32 Å². The quantitative estimate of drug-likeness (QED) is 0.674. The third-order valence-electron chi connectivity index (χ3n) is 5.48. The number of carbonyl (C=O) groups is 2. The van der Waals surface area contributed by atoms with Gasteiger partial charge >= 0.3 is 0 Å². The zero-order valence-electron chi connectivity index (χ0n) is 18.5. The van der Waals surface area contributed by atoms with Gasteiger partial charge in [0, 0.05) is 38.6 Å². The highest BCUT2D eigenvalue weighted by Crippen LogP contribution is 2.25. The molecule has 2 aromatic rings. The fourth-order valence-corrected chi connectivity index (χ4v) is 3.78.